The molecule has 2 aromatic carbocycles. The molecule has 6 nitrogen and oxygen atoms in total. The zero-order valence-corrected chi connectivity index (χ0v) is 23.0. The molecule has 1 aliphatic rings. The van der Waals surface area contributed by atoms with Gasteiger partial charge in [0.1, 0.15) is 13.2 Å². The standard InChI is InChI=1S/C24H27Cl3N2O4S/c1-14-11-15(2)13-17(12-14)21(30)28(23(4,5)6)29(34-24(25,26)27)22(31)18-7-8-19-20(16(18)3)33-10-9-32-19/h7-8,11-13H,9-10H2,1-6H3. The third-order valence-corrected chi connectivity index (χ3v) is 6.36. The van der Waals surface area contributed by atoms with Crippen molar-refractivity contribution in [1.29, 1.82) is 0 Å². The Bertz CT molecular complexity index is 1090. The number of carbonyl (C=O) groups is 2. The maximum atomic E-state index is 13.9. The molecule has 0 fully saturated rings. The van der Waals surface area contributed by atoms with Gasteiger partial charge >= 0.3 is 0 Å². The number of hydrazine groups is 1. The van der Waals surface area contributed by atoms with Crippen molar-refractivity contribution in [3.05, 3.63) is 58.1 Å². The van der Waals surface area contributed by atoms with Crippen molar-refractivity contribution in [2.75, 3.05) is 13.2 Å². The maximum Gasteiger partial charge on any atom is 0.283 e. The molecule has 0 saturated carbocycles. The van der Waals surface area contributed by atoms with Crippen LogP contribution in [0.15, 0.2) is 30.3 Å². The summed E-state index contributed by atoms with van der Waals surface area (Å²) < 4.78 is 10.6. The van der Waals surface area contributed by atoms with Crippen LogP contribution in [-0.2, 0) is 0 Å². The fourth-order valence-corrected chi connectivity index (χ4v) is 5.11. The Kier molecular flexibility index (Phi) is 7.92. The van der Waals surface area contributed by atoms with E-state index in [0.717, 1.165) is 15.5 Å². The lowest BCUT2D eigenvalue weighted by Gasteiger charge is -2.43. The molecule has 0 N–H and O–H groups in total. The molecule has 2 aromatic rings. The molecular formula is C24H27Cl3N2O4S. The summed E-state index contributed by atoms with van der Waals surface area (Å²) in [6.07, 6.45) is 0. The van der Waals surface area contributed by atoms with Crippen molar-refractivity contribution in [1.82, 2.24) is 9.42 Å². The predicted molar refractivity (Wildman–Crippen MR) is 138 cm³/mol. The van der Waals surface area contributed by atoms with Crippen molar-refractivity contribution >= 4 is 58.6 Å². The van der Waals surface area contributed by atoms with Crippen LogP contribution in [0.5, 0.6) is 11.5 Å². The van der Waals surface area contributed by atoms with E-state index in [-0.39, 0.29) is 0 Å². The van der Waals surface area contributed by atoms with Crippen LogP contribution in [0.25, 0.3) is 0 Å². The highest BCUT2D eigenvalue weighted by Gasteiger charge is 2.41. The number of ether oxygens (including phenoxy) is 2. The molecule has 0 aliphatic carbocycles. The van der Waals surface area contributed by atoms with E-state index in [1.807, 2.05) is 40.7 Å². The summed E-state index contributed by atoms with van der Waals surface area (Å²) in [7, 11) is 0. The van der Waals surface area contributed by atoms with Gasteiger partial charge in [-0.05, 0) is 65.8 Å². The molecule has 34 heavy (non-hydrogen) atoms. The molecular weight excluding hydrogens is 519 g/mol. The Morgan fingerprint density at radius 2 is 1.50 bits per heavy atom. The Morgan fingerprint density at radius 3 is 2.06 bits per heavy atom. The number of fused-ring (bicyclic) bond motifs is 1. The van der Waals surface area contributed by atoms with Crippen LogP contribution in [0.3, 0.4) is 0 Å². The summed E-state index contributed by atoms with van der Waals surface area (Å²) in [5.74, 6) is 0.113. The molecule has 0 saturated heterocycles. The van der Waals surface area contributed by atoms with Crippen LogP contribution in [0.2, 0.25) is 0 Å². The summed E-state index contributed by atoms with van der Waals surface area (Å²) in [6, 6.07) is 8.80. The van der Waals surface area contributed by atoms with Crippen molar-refractivity contribution in [3.63, 3.8) is 0 Å². The first-order valence-electron chi connectivity index (χ1n) is 10.6. The van der Waals surface area contributed by atoms with E-state index < -0.39 is 20.5 Å². The number of aryl methyl sites for hydroxylation is 2. The highest BCUT2D eigenvalue weighted by atomic mass is 35.6. The number of hydrogen-bond acceptors (Lipinski definition) is 5. The average molecular weight is 546 g/mol. The number of alkyl halides is 3. The molecule has 3 rings (SSSR count). The van der Waals surface area contributed by atoms with Crippen LogP contribution >= 0.6 is 46.8 Å². The first-order chi connectivity index (χ1) is 15.7. The fraction of sp³-hybridized carbons (Fsp3) is 0.417. The van der Waals surface area contributed by atoms with Crippen LogP contribution in [0, 0.1) is 20.8 Å². The Hall–Kier alpha value is -1.80. The molecule has 1 heterocycles. The Balaban J connectivity index is 2.13. The van der Waals surface area contributed by atoms with Gasteiger partial charge in [-0.15, -0.1) is 0 Å². The largest absolute Gasteiger partial charge is 0.486 e. The topological polar surface area (TPSA) is 59.1 Å². The van der Waals surface area contributed by atoms with Gasteiger partial charge in [0.15, 0.2) is 11.5 Å². The summed E-state index contributed by atoms with van der Waals surface area (Å²) in [5, 5.41) is 1.33. The molecule has 0 bridgehead atoms. The van der Waals surface area contributed by atoms with Crippen molar-refractivity contribution in [2.24, 2.45) is 0 Å². The fourth-order valence-electron chi connectivity index (χ4n) is 3.74. The third-order valence-electron chi connectivity index (χ3n) is 5.03. The van der Waals surface area contributed by atoms with E-state index in [1.165, 1.54) is 5.01 Å². The van der Waals surface area contributed by atoms with E-state index in [2.05, 4.69) is 0 Å². The summed E-state index contributed by atoms with van der Waals surface area (Å²) in [4.78, 5) is 27.7. The summed E-state index contributed by atoms with van der Waals surface area (Å²) >= 11 is 19.0. The van der Waals surface area contributed by atoms with E-state index in [4.69, 9.17) is 44.3 Å². The van der Waals surface area contributed by atoms with E-state index in [0.29, 0.717) is 53.4 Å². The van der Waals surface area contributed by atoms with Crippen LogP contribution in [-0.4, -0.2) is 43.1 Å². The average Bonchev–Trinajstić information content (AvgIpc) is 2.70. The number of amides is 2. The van der Waals surface area contributed by atoms with Crippen LogP contribution < -0.4 is 9.47 Å². The van der Waals surface area contributed by atoms with E-state index in [1.54, 1.807) is 31.2 Å². The SMILES string of the molecule is Cc1cc(C)cc(C(=O)N(N(SC(Cl)(Cl)Cl)C(=O)c2ccc3c(c2C)OCCO3)C(C)(C)C)c1. The number of halogens is 3. The smallest absolute Gasteiger partial charge is 0.283 e. The number of hydrogen-bond donors (Lipinski definition) is 0. The van der Waals surface area contributed by atoms with Gasteiger partial charge in [-0.3, -0.25) is 9.59 Å². The first-order valence-corrected chi connectivity index (χ1v) is 12.5. The predicted octanol–water partition coefficient (Wildman–Crippen LogP) is 6.66. The number of carbonyl (C=O) groups excluding carboxylic acids is 2. The van der Waals surface area contributed by atoms with E-state index >= 15 is 0 Å². The maximum absolute atomic E-state index is 13.9. The molecule has 10 heteroatoms. The van der Waals surface area contributed by atoms with Gasteiger partial charge in [0.05, 0.1) is 5.54 Å². The molecule has 2 amide bonds. The second-order valence-electron chi connectivity index (χ2n) is 9.04. The molecule has 0 spiro atoms. The normalized spacial score (nSPS) is 13.4. The van der Waals surface area contributed by atoms with Gasteiger partial charge in [0.2, 0.25) is 0 Å². The number of benzene rings is 2. The molecule has 0 atom stereocenters. The lowest BCUT2D eigenvalue weighted by molar-refractivity contribution is -0.000213. The minimum atomic E-state index is -1.91. The molecule has 0 radical (unpaired) electrons. The molecule has 184 valence electrons. The lowest BCUT2D eigenvalue weighted by Crippen LogP contribution is -2.56. The zero-order chi connectivity index (χ0) is 25.4. The van der Waals surface area contributed by atoms with Crippen molar-refractivity contribution < 1.29 is 19.1 Å². The molecule has 0 aromatic heterocycles. The second kappa shape index (κ2) is 10.1. The summed E-state index contributed by atoms with van der Waals surface area (Å²) in [5.41, 5.74) is 2.31. The third kappa shape index (κ3) is 6.06. The number of rotatable bonds is 3. The quantitative estimate of drug-likeness (QED) is 0.245. The first kappa shape index (κ1) is 26.8. The Labute approximate surface area is 219 Å². The van der Waals surface area contributed by atoms with Gasteiger partial charge in [-0.1, -0.05) is 52.0 Å². The highest BCUT2D eigenvalue weighted by Crippen LogP contribution is 2.45. The van der Waals surface area contributed by atoms with Crippen LogP contribution in [0.1, 0.15) is 58.2 Å². The highest BCUT2D eigenvalue weighted by molar-refractivity contribution is 8.03. The molecule has 1 aliphatic heterocycles. The van der Waals surface area contributed by atoms with Gasteiger partial charge in [-0.25, -0.2) is 5.01 Å². The van der Waals surface area contributed by atoms with Gasteiger partial charge in [0, 0.05) is 28.6 Å². The minimum absolute atomic E-state index is 0.300. The second-order valence-corrected chi connectivity index (χ2v) is 13.1. The minimum Gasteiger partial charge on any atom is -0.486 e. The van der Waals surface area contributed by atoms with Crippen molar-refractivity contribution in [2.45, 2.75) is 50.2 Å². The Morgan fingerprint density at radius 1 is 0.912 bits per heavy atom. The number of nitrogens with zero attached hydrogens (tertiary/aromatic N) is 2. The van der Waals surface area contributed by atoms with Gasteiger partial charge < -0.3 is 9.47 Å². The van der Waals surface area contributed by atoms with Crippen LogP contribution in [0.4, 0.5) is 0 Å². The lowest BCUT2D eigenvalue weighted by atomic mass is 10.0. The van der Waals surface area contributed by atoms with E-state index in [9.17, 15) is 9.59 Å². The van der Waals surface area contributed by atoms with Gasteiger partial charge in [0.25, 0.3) is 14.9 Å². The zero-order valence-electron chi connectivity index (χ0n) is 19.9. The summed E-state index contributed by atoms with van der Waals surface area (Å²) in [6.45, 7) is 11.8. The van der Waals surface area contributed by atoms with Crippen molar-refractivity contribution in [3.8, 4) is 11.5 Å². The van der Waals surface area contributed by atoms with Gasteiger partial charge in [-0.2, -0.15) is 4.41 Å². The monoisotopic (exact) mass is 544 g/mol. The molecule has 0 unspecified atom stereocenters.